The molecular formula is C26H30N2O7S3. The molecule has 0 saturated carbocycles. The fraction of sp³-hybridized carbons (Fsp3) is 0.308. The molecule has 204 valence electrons. The van der Waals surface area contributed by atoms with Gasteiger partial charge in [0.2, 0.25) is 0 Å². The quantitative estimate of drug-likeness (QED) is 0.439. The number of aliphatic hydroxyl groups is 1. The van der Waals surface area contributed by atoms with Gasteiger partial charge < -0.3 is 5.11 Å². The zero-order valence-electron chi connectivity index (χ0n) is 21.4. The molecule has 1 fully saturated rings. The number of hydrogen-bond donors (Lipinski definition) is 2. The van der Waals surface area contributed by atoms with Gasteiger partial charge in [-0.2, -0.15) is 0 Å². The first-order chi connectivity index (χ1) is 17.6. The Labute approximate surface area is 224 Å². The van der Waals surface area contributed by atoms with Crippen LogP contribution in [0.15, 0.2) is 70.5 Å². The third-order valence-corrected chi connectivity index (χ3v) is 11.7. The van der Waals surface area contributed by atoms with Crippen LogP contribution >= 0.6 is 0 Å². The van der Waals surface area contributed by atoms with Crippen LogP contribution in [0.4, 0.5) is 11.4 Å². The van der Waals surface area contributed by atoms with E-state index in [-0.39, 0.29) is 21.2 Å². The predicted octanol–water partition coefficient (Wildman–Crippen LogP) is 3.07. The van der Waals surface area contributed by atoms with Crippen molar-refractivity contribution in [2.24, 2.45) is 0 Å². The molecule has 4 rings (SSSR count). The first-order valence-corrected chi connectivity index (χ1v) is 16.6. The summed E-state index contributed by atoms with van der Waals surface area (Å²) in [6, 6.07) is 14.4. The Morgan fingerprint density at radius 2 is 1.32 bits per heavy atom. The zero-order valence-corrected chi connectivity index (χ0v) is 23.9. The Morgan fingerprint density at radius 3 is 1.84 bits per heavy atom. The van der Waals surface area contributed by atoms with Crippen LogP contribution in [0, 0.1) is 27.7 Å². The van der Waals surface area contributed by atoms with Gasteiger partial charge in [-0.25, -0.2) is 25.3 Å². The highest BCUT2D eigenvalue weighted by Crippen LogP contribution is 2.33. The number of aryl methyl sites for hydroxylation is 4. The van der Waals surface area contributed by atoms with Gasteiger partial charge in [0, 0.05) is 5.69 Å². The molecule has 0 amide bonds. The van der Waals surface area contributed by atoms with E-state index in [9.17, 15) is 30.4 Å². The van der Waals surface area contributed by atoms with E-state index in [0.717, 1.165) is 9.87 Å². The number of nitrogens with zero attached hydrogens (tertiary/aromatic N) is 1. The fourth-order valence-corrected chi connectivity index (χ4v) is 9.76. The zero-order chi connectivity index (χ0) is 28.0. The van der Waals surface area contributed by atoms with Crippen molar-refractivity contribution in [3.05, 3.63) is 82.9 Å². The van der Waals surface area contributed by atoms with Crippen molar-refractivity contribution in [1.82, 2.24) is 0 Å². The summed E-state index contributed by atoms with van der Waals surface area (Å²) >= 11 is 0. The van der Waals surface area contributed by atoms with E-state index >= 15 is 0 Å². The van der Waals surface area contributed by atoms with Crippen LogP contribution in [-0.4, -0.2) is 54.0 Å². The van der Waals surface area contributed by atoms with Crippen LogP contribution in [-0.2, 0) is 29.9 Å². The maximum Gasteiger partial charge on any atom is 0.264 e. The number of sulfone groups is 1. The van der Waals surface area contributed by atoms with E-state index in [0.29, 0.717) is 16.7 Å². The Hall–Kier alpha value is -2.93. The Bertz CT molecular complexity index is 1700. The molecule has 1 aliphatic heterocycles. The third kappa shape index (κ3) is 5.58. The van der Waals surface area contributed by atoms with E-state index in [4.69, 9.17) is 0 Å². The largest absolute Gasteiger partial charge is 0.390 e. The fourth-order valence-electron chi connectivity index (χ4n) is 4.52. The molecule has 12 heteroatoms. The SMILES string of the molecule is Cc1ccc(C)c(S(=O)(=O)Nc2ccc(N([C@H]3CS(=O)(=O)C[C@H]3O)S(=O)(=O)c3cc(C)ccc3C)cc2)c1. The van der Waals surface area contributed by atoms with Crippen molar-refractivity contribution >= 4 is 41.3 Å². The normalized spacial score (nSPS) is 19.3. The Morgan fingerprint density at radius 1 is 0.789 bits per heavy atom. The van der Waals surface area contributed by atoms with Crippen LogP contribution < -0.4 is 9.03 Å². The molecule has 1 heterocycles. The summed E-state index contributed by atoms with van der Waals surface area (Å²) in [5.74, 6) is -1.09. The second kappa shape index (κ2) is 9.99. The summed E-state index contributed by atoms with van der Waals surface area (Å²) in [5, 5.41) is 10.6. The molecular weight excluding hydrogens is 548 g/mol. The van der Waals surface area contributed by atoms with E-state index in [1.807, 2.05) is 6.07 Å². The molecule has 2 N–H and O–H groups in total. The number of sulfonamides is 2. The molecule has 9 nitrogen and oxygen atoms in total. The summed E-state index contributed by atoms with van der Waals surface area (Å²) in [7, 11) is -11.9. The standard InChI is InChI=1S/C26H30N2O7S3/c1-17-5-7-19(3)25(13-17)37(32,33)27-21-9-11-22(12-10-21)28(23-15-36(30,31)16-24(23)29)38(34,35)26-14-18(2)6-8-20(26)4/h5-14,23-24,27,29H,15-16H2,1-4H3/t23-,24+/m0/s1. The van der Waals surface area contributed by atoms with Crippen molar-refractivity contribution in [2.75, 3.05) is 20.5 Å². The second-order valence-electron chi connectivity index (χ2n) is 9.70. The van der Waals surface area contributed by atoms with Crippen LogP contribution in [0.3, 0.4) is 0 Å². The van der Waals surface area contributed by atoms with Gasteiger partial charge in [0.1, 0.15) is 0 Å². The molecule has 3 aromatic rings. The summed E-state index contributed by atoms with van der Waals surface area (Å²) in [5.41, 5.74) is 2.81. The smallest absolute Gasteiger partial charge is 0.264 e. The molecule has 1 aliphatic rings. The Balaban J connectivity index is 1.76. The van der Waals surface area contributed by atoms with Crippen molar-refractivity contribution in [2.45, 2.75) is 49.6 Å². The number of anilines is 2. The van der Waals surface area contributed by atoms with Crippen LogP contribution in [0.5, 0.6) is 0 Å². The molecule has 0 aromatic heterocycles. The first-order valence-electron chi connectivity index (χ1n) is 11.8. The van der Waals surface area contributed by atoms with Gasteiger partial charge in [0.25, 0.3) is 20.0 Å². The minimum Gasteiger partial charge on any atom is -0.390 e. The van der Waals surface area contributed by atoms with Gasteiger partial charge >= 0.3 is 0 Å². The van der Waals surface area contributed by atoms with E-state index in [1.165, 1.54) is 30.3 Å². The minimum atomic E-state index is -4.30. The molecule has 0 bridgehead atoms. The molecule has 1 saturated heterocycles. The molecule has 0 radical (unpaired) electrons. The first kappa shape index (κ1) is 28.1. The molecule has 38 heavy (non-hydrogen) atoms. The maximum absolute atomic E-state index is 13.9. The second-order valence-corrected chi connectivity index (χ2v) is 15.3. The number of rotatable bonds is 7. The van der Waals surface area contributed by atoms with Crippen molar-refractivity contribution in [3.8, 4) is 0 Å². The monoisotopic (exact) mass is 578 g/mol. The molecule has 3 aromatic carbocycles. The third-order valence-electron chi connectivity index (χ3n) is 6.48. The van der Waals surface area contributed by atoms with Gasteiger partial charge in [-0.05, 0) is 86.3 Å². The van der Waals surface area contributed by atoms with Crippen LogP contribution in [0.1, 0.15) is 22.3 Å². The highest BCUT2D eigenvalue weighted by Gasteiger charge is 2.45. The lowest BCUT2D eigenvalue weighted by molar-refractivity contribution is 0.184. The molecule has 0 spiro atoms. The number of aliphatic hydroxyl groups excluding tert-OH is 1. The topological polar surface area (TPSA) is 138 Å². The lowest BCUT2D eigenvalue weighted by Crippen LogP contribution is -2.47. The lowest BCUT2D eigenvalue weighted by Gasteiger charge is -2.32. The van der Waals surface area contributed by atoms with E-state index in [2.05, 4.69) is 4.72 Å². The van der Waals surface area contributed by atoms with Crippen molar-refractivity contribution in [1.29, 1.82) is 0 Å². The minimum absolute atomic E-state index is 0.00583. The summed E-state index contributed by atoms with van der Waals surface area (Å²) < 4.78 is 81.9. The molecule has 0 unspecified atom stereocenters. The molecule has 2 atom stereocenters. The number of benzene rings is 3. The van der Waals surface area contributed by atoms with Gasteiger partial charge in [-0.1, -0.05) is 24.3 Å². The van der Waals surface area contributed by atoms with Crippen LogP contribution in [0.25, 0.3) is 0 Å². The average molecular weight is 579 g/mol. The number of nitrogens with one attached hydrogen (secondary N) is 1. The van der Waals surface area contributed by atoms with E-state index < -0.39 is 53.5 Å². The maximum atomic E-state index is 13.9. The highest BCUT2D eigenvalue weighted by atomic mass is 32.2. The highest BCUT2D eigenvalue weighted by molar-refractivity contribution is 7.93. The number of hydrogen-bond acceptors (Lipinski definition) is 7. The summed E-state index contributed by atoms with van der Waals surface area (Å²) in [6.45, 7) is 6.86. The molecule has 0 aliphatic carbocycles. The van der Waals surface area contributed by atoms with E-state index in [1.54, 1.807) is 52.0 Å². The van der Waals surface area contributed by atoms with Gasteiger partial charge in [-0.15, -0.1) is 0 Å². The van der Waals surface area contributed by atoms with Gasteiger partial charge in [0.05, 0.1) is 39.1 Å². The van der Waals surface area contributed by atoms with Gasteiger partial charge in [-0.3, -0.25) is 9.03 Å². The average Bonchev–Trinajstić information content (AvgIpc) is 3.09. The van der Waals surface area contributed by atoms with Crippen molar-refractivity contribution in [3.63, 3.8) is 0 Å². The van der Waals surface area contributed by atoms with Crippen molar-refractivity contribution < 1.29 is 30.4 Å². The van der Waals surface area contributed by atoms with Crippen LogP contribution in [0.2, 0.25) is 0 Å². The summed E-state index contributed by atoms with van der Waals surface area (Å²) in [6.07, 6.45) is -1.43. The van der Waals surface area contributed by atoms with Gasteiger partial charge in [0.15, 0.2) is 9.84 Å². The summed E-state index contributed by atoms with van der Waals surface area (Å²) in [4.78, 5) is 0.119. The lowest BCUT2D eigenvalue weighted by atomic mass is 10.2. The Kier molecular flexibility index (Phi) is 7.38. The predicted molar refractivity (Wildman–Crippen MR) is 147 cm³/mol.